The monoisotopic (exact) mass is 916 g/mol. The predicted octanol–water partition coefficient (Wildman–Crippen LogP) is 1.92. The molecule has 0 bridgehead atoms. The molecule has 0 unspecified atom stereocenters. The van der Waals surface area contributed by atoms with Crippen LogP contribution in [0.1, 0.15) is 0 Å². The van der Waals surface area contributed by atoms with Gasteiger partial charge in [-0.3, -0.25) is 22.8 Å². The Morgan fingerprint density at radius 3 is 0.377 bits per heavy atom. The standard InChI is InChI=1S/5C6H6O3S.3Ca.6H/c5*7-10(8,9)6-4-2-1-3-5-6;;;;;;;;;/h5*1-5H,(H,7,8,9);;;;;;;;;. The van der Waals surface area contributed by atoms with Crippen molar-refractivity contribution in [2.75, 3.05) is 0 Å². The molecule has 53 heavy (non-hydrogen) atoms. The van der Waals surface area contributed by atoms with Gasteiger partial charge in [0.25, 0.3) is 50.6 Å². The van der Waals surface area contributed by atoms with Crippen molar-refractivity contribution in [3.05, 3.63) is 152 Å². The van der Waals surface area contributed by atoms with E-state index in [1.165, 1.54) is 60.7 Å². The van der Waals surface area contributed by atoms with Gasteiger partial charge in [-0.25, -0.2) is 0 Å². The Morgan fingerprint density at radius 1 is 0.226 bits per heavy atom. The summed E-state index contributed by atoms with van der Waals surface area (Å²) in [4.78, 5) is -0.370. The van der Waals surface area contributed by atoms with Crippen LogP contribution in [0.4, 0.5) is 0 Å². The molecule has 0 saturated heterocycles. The molecule has 5 N–H and O–H groups in total. The molecule has 15 nitrogen and oxygen atoms in total. The molecule has 5 aromatic carbocycles. The first-order chi connectivity index (χ1) is 23.0. The molecule has 5 rings (SSSR count). The summed E-state index contributed by atoms with van der Waals surface area (Å²) in [5, 5.41) is 0. The van der Waals surface area contributed by atoms with Crippen LogP contribution in [0.3, 0.4) is 0 Å². The zero-order valence-electron chi connectivity index (χ0n) is 25.3. The van der Waals surface area contributed by atoms with Gasteiger partial charge in [0.2, 0.25) is 0 Å². The van der Waals surface area contributed by atoms with Crippen LogP contribution < -0.4 is 0 Å². The van der Waals surface area contributed by atoms with Crippen molar-refractivity contribution in [1.82, 2.24) is 0 Å². The minimum atomic E-state index is -4.00. The molecule has 5 aromatic rings. The van der Waals surface area contributed by atoms with Crippen molar-refractivity contribution in [2.24, 2.45) is 0 Å². The normalized spacial score (nSPS) is 10.7. The van der Waals surface area contributed by atoms with E-state index in [1.54, 1.807) is 91.0 Å². The molecule has 0 amide bonds. The van der Waals surface area contributed by atoms with Crippen LogP contribution in [0.15, 0.2) is 176 Å². The molecule has 0 radical (unpaired) electrons. The van der Waals surface area contributed by atoms with Crippen LogP contribution in [0.5, 0.6) is 0 Å². The summed E-state index contributed by atoms with van der Waals surface area (Å²) in [5.74, 6) is 0. The van der Waals surface area contributed by atoms with Gasteiger partial charge in [0.05, 0.1) is 24.5 Å². The SMILES string of the molecule is O=S(=O)(O)c1ccccc1.O=S(=O)(O)c1ccccc1.O=S(=O)(O)c1ccccc1.O=S(=O)(O)c1ccccc1.O=S(=O)(O)c1ccccc1.[CaH2].[CaH2].[CaH2]. The van der Waals surface area contributed by atoms with Gasteiger partial charge < -0.3 is 0 Å². The average molecular weight is 917 g/mol. The van der Waals surface area contributed by atoms with Crippen LogP contribution in [0, 0.1) is 0 Å². The van der Waals surface area contributed by atoms with Crippen molar-refractivity contribution in [1.29, 1.82) is 0 Å². The van der Waals surface area contributed by atoms with Crippen molar-refractivity contribution in [3.63, 3.8) is 0 Å². The fourth-order valence-corrected chi connectivity index (χ4v) is 5.47. The Balaban J connectivity index is -0.000000581. The molecular formula is C30H36Ca3O15S5. The molecule has 0 heterocycles. The number of hydrogen-bond donors (Lipinski definition) is 5. The summed E-state index contributed by atoms with van der Waals surface area (Å²) in [6.45, 7) is 0. The molecule has 0 aromatic heterocycles. The Bertz CT molecular complexity index is 1910. The number of benzene rings is 5. The van der Waals surface area contributed by atoms with Gasteiger partial charge in [-0.2, -0.15) is 42.1 Å². The summed E-state index contributed by atoms with van der Waals surface area (Å²) in [7, 11) is -20.0. The molecule has 282 valence electrons. The van der Waals surface area contributed by atoms with E-state index in [0.29, 0.717) is 0 Å². The van der Waals surface area contributed by atoms with Gasteiger partial charge in [-0.1, -0.05) is 91.0 Å². The molecule has 0 spiro atoms. The molecule has 0 aliphatic heterocycles. The van der Waals surface area contributed by atoms with Crippen molar-refractivity contribution in [3.8, 4) is 0 Å². The minimum absolute atomic E-state index is 0. The average Bonchev–Trinajstić information content (AvgIpc) is 3.06. The fraction of sp³-hybridized carbons (Fsp3) is 0. The van der Waals surface area contributed by atoms with Crippen molar-refractivity contribution < 1.29 is 64.9 Å². The second-order valence-corrected chi connectivity index (χ2v) is 16.0. The molecule has 23 heteroatoms. The van der Waals surface area contributed by atoms with E-state index in [2.05, 4.69) is 0 Å². The van der Waals surface area contributed by atoms with E-state index >= 15 is 0 Å². The first-order valence-corrected chi connectivity index (χ1v) is 20.4. The first kappa shape index (κ1) is 56.8. The maximum atomic E-state index is 10.4. The summed E-state index contributed by atoms with van der Waals surface area (Å²) in [6, 6.07) is 37.1. The van der Waals surface area contributed by atoms with E-state index < -0.39 is 50.6 Å². The zero-order chi connectivity index (χ0) is 38.1. The van der Waals surface area contributed by atoms with Crippen LogP contribution in [-0.4, -0.2) is 178 Å². The van der Waals surface area contributed by atoms with Crippen molar-refractivity contribution >= 4 is 164 Å². The molecule has 0 aliphatic rings. The van der Waals surface area contributed by atoms with Gasteiger partial charge in [-0.05, 0) is 60.7 Å². The third-order valence-corrected chi connectivity index (χ3v) is 9.54. The summed E-state index contributed by atoms with van der Waals surface area (Å²) in [5.41, 5.74) is 0. The topological polar surface area (TPSA) is 272 Å². The second-order valence-electron chi connectivity index (χ2n) is 8.94. The maximum absolute atomic E-state index is 10.4. The third-order valence-electron chi connectivity index (χ3n) is 5.21. The van der Waals surface area contributed by atoms with Crippen LogP contribution >= 0.6 is 0 Å². The van der Waals surface area contributed by atoms with Gasteiger partial charge in [0.1, 0.15) is 0 Å². The molecule has 0 fully saturated rings. The van der Waals surface area contributed by atoms with Crippen LogP contribution in [-0.2, 0) is 50.6 Å². The molecule has 0 atom stereocenters. The summed E-state index contributed by atoms with van der Waals surface area (Å²) < 4.78 is 146. The summed E-state index contributed by atoms with van der Waals surface area (Å²) in [6.07, 6.45) is 0. The second kappa shape index (κ2) is 27.1. The molecule has 0 saturated carbocycles. The quantitative estimate of drug-likeness (QED) is 0.125. The van der Waals surface area contributed by atoms with Gasteiger partial charge in [0.15, 0.2) is 0 Å². The molecular weight excluding hydrogens is 881 g/mol. The fourth-order valence-electron chi connectivity index (χ4n) is 2.96. The van der Waals surface area contributed by atoms with Gasteiger partial charge >= 0.3 is 113 Å². The first-order valence-electron chi connectivity index (χ1n) is 13.2. The third kappa shape index (κ3) is 26.1. The Morgan fingerprint density at radius 2 is 0.321 bits per heavy atom. The van der Waals surface area contributed by atoms with Gasteiger partial charge in [-0.15, -0.1) is 0 Å². The Kier molecular flexibility index (Phi) is 29.1. The van der Waals surface area contributed by atoms with E-state index in [4.69, 9.17) is 22.8 Å². The van der Waals surface area contributed by atoms with Crippen LogP contribution in [0.2, 0.25) is 0 Å². The van der Waals surface area contributed by atoms with Crippen molar-refractivity contribution in [2.45, 2.75) is 24.5 Å². The Hall–Kier alpha value is -0.571. The Labute approximate surface area is 398 Å². The predicted molar refractivity (Wildman–Crippen MR) is 207 cm³/mol. The van der Waals surface area contributed by atoms with Crippen LogP contribution in [0.25, 0.3) is 0 Å². The number of hydrogen-bond acceptors (Lipinski definition) is 10. The van der Waals surface area contributed by atoms with E-state index in [9.17, 15) is 42.1 Å². The van der Waals surface area contributed by atoms with E-state index in [-0.39, 0.29) is 138 Å². The van der Waals surface area contributed by atoms with E-state index in [0.717, 1.165) is 0 Å². The summed E-state index contributed by atoms with van der Waals surface area (Å²) >= 11 is 0. The van der Waals surface area contributed by atoms with Gasteiger partial charge in [0, 0.05) is 0 Å². The van der Waals surface area contributed by atoms with E-state index in [1.807, 2.05) is 0 Å². The molecule has 0 aliphatic carbocycles. The zero-order valence-corrected chi connectivity index (χ0v) is 29.4. The number of rotatable bonds is 5.